The van der Waals surface area contributed by atoms with Gasteiger partial charge in [0, 0.05) is 18.4 Å². The van der Waals surface area contributed by atoms with Gasteiger partial charge in [-0.3, -0.25) is 0 Å². The second-order valence-corrected chi connectivity index (χ2v) is 6.38. The Morgan fingerprint density at radius 3 is 2.47 bits per heavy atom. The first kappa shape index (κ1) is 11.0. The molecule has 0 spiro atoms. The monoisotopic (exact) mass is 231 g/mol. The van der Waals surface area contributed by atoms with Crippen LogP contribution in [0.4, 0.5) is 5.95 Å². The molecule has 0 radical (unpaired) electrons. The molecule has 1 aromatic heterocycles. The third kappa shape index (κ3) is 1.41. The molecule has 3 heteroatoms. The molecule has 0 aromatic carbocycles. The van der Waals surface area contributed by atoms with Crippen molar-refractivity contribution in [3.63, 3.8) is 0 Å². The van der Waals surface area contributed by atoms with E-state index in [1.807, 2.05) is 6.07 Å². The summed E-state index contributed by atoms with van der Waals surface area (Å²) < 4.78 is 0. The summed E-state index contributed by atoms with van der Waals surface area (Å²) in [6.45, 7) is 7.29. The van der Waals surface area contributed by atoms with Gasteiger partial charge in [0.05, 0.1) is 0 Å². The third-order valence-corrected chi connectivity index (χ3v) is 5.66. The minimum absolute atomic E-state index is 0.386. The highest BCUT2D eigenvalue weighted by Gasteiger charge is 2.61. The highest BCUT2D eigenvalue weighted by atomic mass is 15.1. The summed E-state index contributed by atoms with van der Waals surface area (Å²) in [6.07, 6.45) is 7.58. The lowest BCUT2D eigenvalue weighted by molar-refractivity contribution is 0.142. The van der Waals surface area contributed by atoms with Crippen molar-refractivity contribution < 1.29 is 0 Å². The number of nitrogens with zero attached hydrogens (tertiary/aromatic N) is 2. The lowest BCUT2D eigenvalue weighted by Crippen LogP contribution is -2.40. The first-order valence-corrected chi connectivity index (χ1v) is 6.57. The van der Waals surface area contributed by atoms with E-state index < -0.39 is 0 Å². The molecule has 3 rings (SSSR count). The highest BCUT2D eigenvalue weighted by Crippen LogP contribution is 2.65. The molecule has 0 saturated heterocycles. The molecule has 92 valence electrons. The zero-order chi connectivity index (χ0) is 12.1. The van der Waals surface area contributed by atoms with Gasteiger partial charge in [0.1, 0.15) is 0 Å². The highest BCUT2D eigenvalue weighted by molar-refractivity contribution is 5.30. The van der Waals surface area contributed by atoms with Crippen molar-refractivity contribution in [2.45, 2.75) is 46.1 Å². The number of anilines is 1. The van der Waals surface area contributed by atoms with Crippen molar-refractivity contribution in [3.8, 4) is 0 Å². The lowest BCUT2D eigenvalue weighted by Gasteiger charge is -2.39. The molecule has 1 aromatic rings. The Labute approximate surface area is 103 Å². The largest absolute Gasteiger partial charge is 0.351 e. The molecule has 3 atom stereocenters. The standard InChI is InChI=1S/C14H21N3/c1-13(2)10-5-6-14(13,3)11(9-10)17-12-15-7-4-8-16-12/h4,7-8,10-11H,5-6,9H2,1-3H3,(H,15,16,17)/t10-,11+,14+/m1/s1. The van der Waals surface area contributed by atoms with Gasteiger partial charge in [-0.2, -0.15) is 0 Å². The first-order valence-electron chi connectivity index (χ1n) is 6.57. The summed E-state index contributed by atoms with van der Waals surface area (Å²) in [7, 11) is 0. The molecule has 2 bridgehead atoms. The zero-order valence-corrected chi connectivity index (χ0v) is 10.9. The number of hydrogen-bond acceptors (Lipinski definition) is 3. The number of rotatable bonds is 2. The fraction of sp³-hybridized carbons (Fsp3) is 0.714. The summed E-state index contributed by atoms with van der Waals surface area (Å²) in [5.41, 5.74) is 0.830. The van der Waals surface area contributed by atoms with E-state index in [1.165, 1.54) is 19.3 Å². The summed E-state index contributed by atoms with van der Waals surface area (Å²) >= 11 is 0. The van der Waals surface area contributed by atoms with Gasteiger partial charge in [0.15, 0.2) is 0 Å². The molecule has 17 heavy (non-hydrogen) atoms. The molecule has 2 aliphatic rings. The second-order valence-electron chi connectivity index (χ2n) is 6.38. The minimum atomic E-state index is 0.386. The van der Waals surface area contributed by atoms with E-state index in [0.717, 1.165) is 11.9 Å². The van der Waals surface area contributed by atoms with Crippen LogP contribution in [0.15, 0.2) is 18.5 Å². The predicted octanol–water partition coefficient (Wildman–Crippen LogP) is 3.10. The van der Waals surface area contributed by atoms with Gasteiger partial charge in [0.2, 0.25) is 5.95 Å². The first-order chi connectivity index (χ1) is 8.04. The Kier molecular flexibility index (Phi) is 2.22. The van der Waals surface area contributed by atoms with Crippen LogP contribution in [0.2, 0.25) is 0 Å². The van der Waals surface area contributed by atoms with E-state index in [2.05, 4.69) is 36.1 Å². The summed E-state index contributed by atoms with van der Waals surface area (Å²) in [5, 5.41) is 3.55. The van der Waals surface area contributed by atoms with Gasteiger partial charge >= 0.3 is 0 Å². The Morgan fingerprint density at radius 1 is 1.24 bits per heavy atom. The van der Waals surface area contributed by atoms with Crippen LogP contribution in [-0.2, 0) is 0 Å². The average Bonchev–Trinajstić information content (AvgIpc) is 2.63. The summed E-state index contributed by atoms with van der Waals surface area (Å²) in [5.74, 6) is 1.63. The maximum absolute atomic E-state index is 4.28. The van der Waals surface area contributed by atoms with Gasteiger partial charge in [-0.25, -0.2) is 9.97 Å². The predicted molar refractivity (Wildman–Crippen MR) is 68.7 cm³/mol. The second kappa shape index (κ2) is 3.44. The minimum Gasteiger partial charge on any atom is -0.351 e. The topological polar surface area (TPSA) is 37.8 Å². The van der Waals surface area contributed by atoms with Crippen LogP contribution < -0.4 is 5.32 Å². The van der Waals surface area contributed by atoms with Crippen LogP contribution in [0, 0.1) is 16.7 Å². The zero-order valence-electron chi connectivity index (χ0n) is 10.9. The maximum Gasteiger partial charge on any atom is 0.222 e. The molecule has 3 nitrogen and oxygen atoms in total. The Balaban J connectivity index is 1.83. The van der Waals surface area contributed by atoms with E-state index >= 15 is 0 Å². The fourth-order valence-corrected chi connectivity index (χ4v) is 3.95. The van der Waals surface area contributed by atoms with Gasteiger partial charge in [-0.1, -0.05) is 20.8 Å². The van der Waals surface area contributed by atoms with Crippen LogP contribution in [0.3, 0.4) is 0 Å². The Hall–Kier alpha value is -1.12. The molecule has 2 saturated carbocycles. The van der Waals surface area contributed by atoms with Crippen LogP contribution in [0.25, 0.3) is 0 Å². The molecule has 2 aliphatic carbocycles. The molecular weight excluding hydrogens is 210 g/mol. The third-order valence-electron chi connectivity index (χ3n) is 5.66. The molecule has 0 amide bonds. The van der Waals surface area contributed by atoms with Crippen LogP contribution in [0.5, 0.6) is 0 Å². The molecule has 0 unspecified atom stereocenters. The average molecular weight is 231 g/mol. The van der Waals surface area contributed by atoms with E-state index in [9.17, 15) is 0 Å². The number of aromatic nitrogens is 2. The fourth-order valence-electron chi connectivity index (χ4n) is 3.95. The van der Waals surface area contributed by atoms with Crippen LogP contribution in [0.1, 0.15) is 40.0 Å². The van der Waals surface area contributed by atoms with Crippen LogP contribution >= 0.6 is 0 Å². The summed E-state index contributed by atoms with van der Waals surface area (Å²) in [4.78, 5) is 8.56. The number of fused-ring (bicyclic) bond motifs is 2. The van der Waals surface area contributed by atoms with E-state index in [1.54, 1.807) is 12.4 Å². The molecule has 2 fully saturated rings. The van der Waals surface area contributed by atoms with Crippen LogP contribution in [-0.4, -0.2) is 16.0 Å². The van der Waals surface area contributed by atoms with Crippen molar-refractivity contribution in [1.29, 1.82) is 0 Å². The summed E-state index contributed by atoms with van der Waals surface area (Å²) in [6, 6.07) is 2.39. The van der Waals surface area contributed by atoms with Crippen molar-refractivity contribution in [2.24, 2.45) is 16.7 Å². The molecular formula is C14H21N3. The SMILES string of the molecule is CC1(C)[C@@H]2CC[C@@]1(C)[C@@H](Nc1ncccn1)C2. The number of nitrogens with one attached hydrogen (secondary N) is 1. The lowest BCUT2D eigenvalue weighted by atomic mass is 9.69. The van der Waals surface area contributed by atoms with E-state index in [-0.39, 0.29) is 0 Å². The van der Waals surface area contributed by atoms with Crippen molar-refractivity contribution in [2.75, 3.05) is 5.32 Å². The van der Waals surface area contributed by atoms with Crippen molar-refractivity contribution in [3.05, 3.63) is 18.5 Å². The Morgan fingerprint density at radius 2 is 1.94 bits per heavy atom. The Bertz CT molecular complexity index is 415. The van der Waals surface area contributed by atoms with E-state index in [0.29, 0.717) is 16.9 Å². The molecule has 0 aliphatic heterocycles. The van der Waals surface area contributed by atoms with Crippen molar-refractivity contribution >= 4 is 5.95 Å². The molecule has 1 heterocycles. The van der Waals surface area contributed by atoms with Gasteiger partial charge in [0.25, 0.3) is 0 Å². The number of hydrogen-bond donors (Lipinski definition) is 1. The molecule has 1 N–H and O–H groups in total. The van der Waals surface area contributed by atoms with Gasteiger partial charge in [-0.15, -0.1) is 0 Å². The van der Waals surface area contributed by atoms with E-state index in [4.69, 9.17) is 0 Å². The quantitative estimate of drug-likeness (QED) is 0.850. The van der Waals surface area contributed by atoms with Crippen molar-refractivity contribution in [1.82, 2.24) is 9.97 Å². The van der Waals surface area contributed by atoms with Gasteiger partial charge < -0.3 is 5.32 Å². The van der Waals surface area contributed by atoms with Gasteiger partial charge in [-0.05, 0) is 42.1 Å². The normalized spacial score (nSPS) is 38.3. The smallest absolute Gasteiger partial charge is 0.222 e. The maximum atomic E-state index is 4.28.